The quantitative estimate of drug-likeness (QED) is 0.706. The molecule has 1 atom stereocenters. The van der Waals surface area contributed by atoms with Gasteiger partial charge in [-0.25, -0.2) is 0 Å². The largest absolute Gasteiger partial charge is 0.496 e. The molecule has 0 aromatic heterocycles. The number of methoxy groups -OCH3 is 1. The molecule has 2 aromatic rings. The number of nitrogens with one attached hydrogen (secondary N) is 1. The Kier molecular flexibility index (Phi) is 6.17. The normalized spacial score (nSPS) is 17.5. The number of hydrogen-bond acceptors (Lipinski definition) is 2. The first-order valence-corrected chi connectivity index (χ1v) is 9.33. The van der Waals surface area contributed by atoms with Gasteiger partial charge in [0.25, 0.3) is 0 Å². The molecule has 128 valence electrons. The first-order valence-electron chi connectivity index (χ1n) is 9.33. The molecule has 1 unspecified atom stereocenters. The van der Waals surface area contributed by atoms with Gasteiger partial charge in [-0.1, -0.05) is 68.5 Å². The van der Waals surface area contributed by atoms with Crippen LogP contribution in [0.15, 0.2) is 54.6 Å². The summed E-state index contributed by atoms with van der Waals surface area (Å²) in [5.41, 5.74) is 2.48. The number of rotatable bonds is 5. The summed E-state index contributed by atoms with van der Waals surface area (Å²) in [6.45, 7) is 0. The minimum atomic E-state index is 0.307. The minimum absolute atomic E-state index is 0.307. The van der Waals surface area contributed by atoms with Gasteiger partial charge < -0.3 is 10.1 Å². The van der Waals surface area contributed by atoms with Crippen LogP contribution < -0.4 is 10.1 Å². The molecule has 0 radical (unpaired) electrons. The molecule has 1 saturated carbocycles. The predicted molar refractivity (Wildman–Crippen MR) is 102 cm³/mol. The summed E-state index contributed by atoms with van der Waals surface area (Å²) in [4.78, 5) is 0. The summed E-state index contributed by atoms with van der Waals surface area (Å²) in [6, 6.07) is 19.4. The number of para-hydroxylation sites is 2. The molecule has 0 aliphatic heterocycles. The second-order valence-electron chi connectivity index (χ2n) is 6.84. The van der Waals surface area contributed by atoms with Crippen molar-refractivity contribution in [2.24, 2.45) is 5.92 Å². The van der Waals surface area contributed by atoms with E-state index in [1.54, 1.807) is 7.11 Å². The summed E-state index contributed by atoms with van der Waals surface area (Å²) >= 11 is 0. The molecule has 0 saturated heterocycles. The van der Waals surface area contributed by atoms with Crippen LogP contribution in [0.2, 0.25) is 0 Å². The van der Waals surface area contributed by atoms with Crippen LogP contribution in [0.1, 0.15) is 56.6 Å². The van der Waals surface area contributed by atoms with Crippen molar-refractivity contribution in [3.8, 4) is 5.75 Å². The first-order chi connectivity index (χ1) is 11.9. The molecule has 24 heavy (non-hydrogen) atoms. The van der Waals surface area contributed by atoms with Crippen molar-refractivity contribution in [3.63, 3.8) is 0 Å². The smallest absolute Gasteiger partial charge is 0.124 e. The van der Waals surface area contributed by atoms with Crippen LogP contribution in [0.25, 0.3) is 0 Å². The maximum Gasteiger partial charge on any atom is 0.124 e. The standard InChI is InChI=1S/C22H29NO/c1-24-21-17-11-10-16-20(21)22(23-19-14-8-5-9-15-19)18-12-6-3-2-4-7-13-18/h5,8-11,14-18,22-23H,2-4,6-7,12-13H2,1H3. The average molecular weight is 323 g/mol. The van der Waals surface area contributed by atoms with Crippen molar-refractivity contribution in [2.45, 2.75) is 51.0 Å². The average Bonchev–Trinajstić information content (AvgIpc) is 2.61. The third-order valence-electron chi connectivity index (χ3n) is 5.19. The van der Waals surface area contributed by atoms with Crippen LogP contribution in [0.3, 0.4) is 0 Å². The Hall–Kier alpha value is -1.96. The highest BCUT2D eigenvalue weighted by Crippen LogP contribution is 2.38. The lowest BCUT2D eigenvalue weighted by Gasteiger charge is -2.31. The van der Waals surface area contributed by atoms with E-state index in [1.807, 2.05) is 0 Å². The Balaban J connectivity index is 1.90. The van der Waals surface area contributed by atoms with Gasteiger partial charge in [-0.05, 0) is 37.0 Å². The zero-order valence-corrected chi connectivity index (χ0v) is 14.7. The highest BCUT2D eigenvalue weighted by molar-refractivity contribution is 5.48. The first kappa shape index (κ1) is 16.9. The van der Waals surface area contributed by atoms with Crippen LogP contribution in [0, 0.1) is 5.92 Å². The van der Waals surface area contributed by atoms with Gasteiger partial charge in [-0.3, -0.25) is 0 Å². The van der Waals surface area contributed by atoms with E-state index in [1.165, 1.54) is 56.2 Å². The van der Waals surface area contributed by atoms with Crippen molar-refractivity contribution in [1.29, 1.82) is 0 Å². The van der Waals surface area contributed by atoms with E-state index in [9.17, 15) is 0 Å². The molecule has 2 aromatic carbocycles. The zero-order valence-electron chi connectivity index (χ0n) is 14.7. The Labute approximate surface area is 146 Å². The maximum atomic E-state index is 5.67. The molecule has 1 aliphatic rings. The van der Waals surface area contributed by atoms with Gasteiger partial charge in [-0.2, -0.15) is 0 Å². The number of anilines is 1. The predicted octanol–water partition coefficient (Wildman–Crippen LogP) is 6.21. The second-order valence-corrected chi connectivity index (χ2v) is 6.84. The monoisotopic (exact) mass is 323 g/mol. The molecule has 0 spiro atoms. The summed E-state index contributed by atoms with van der Waals surface area (Å²) in [7, 11) is 1.77. The van der Waals surface area contributed by atoms with E-state index < -0.39 is 0 Å². The third kappa shape index (κ3) is 4.31. The van der Waals surface area contributed by atoms with Gasteiger partial charge in [-0.15, -0.1) is 0 Å². The third-order valence-corrected chi connectivity index (χ3v) is 5.19. The van der Waals surface area contributed by atoms with Crippen LogP contribution in [0.5, 0.6) is 5.75 Å². The van der Waals surface area contributed by atoms with Crippen molar-refractivity contribution in [1.82, 2.24) is 0 Å². The molecule has 2 nitrogen and oxygen atoms in total. The molecule has 1 aliphatic carbocycles. The van der Waals surface area contributed by atoms with E-state index in [2.05, 4.69) is 59.9 Å². The Morgan fingerprint density at radius 3 is 2.17 bits per heavy atom. The Morgan fingerprint density at radius 2 is 1.46 bits per heavy atom. The molecule has 0 bridgehead atoms. The molecule has 3 rings (SSSR count). The van der Waals surface area contributed by atoms with Crippen molar-refractivity contribution in [2.75, 3.05) is 12.4 Å². The number of ether oxygens (including phenoxy) is 1. The number of benzene rings is 2. The summed E-state index contributed by atoms with van der Waals surface area (Å²) in [6.07, 6.45) is 9.42. The maximum absolute atomic E-state index is 5.67. The van der Waals surface area contributed by atoms with Crippen LogP contribution in [-0.4, -0.2) is 7.11 Å². The molecule has 0 heterocycles. The molecular formula is C22H29NO. The highest BCUT2D eigenvalue weighted by atomic mass is 16.5. The zero-order chi connectivity index (χ0) is 16.6. The van der Waals surface area contributed by atoms with E-state index in [0.29, 0.717) is 12.0 Å². The fourth-order valence-corrected chi connectivity index (χ4v) is 3.91. The molecule has 1 fully saturated rings. The van der Waals surface area contributed by atoms with Gasteiger partial charge in [0, 0.05) is 11.3 Å². The summed E-state index contributed by atoms with van der Waals surface area (Å²) in [5, 5.41) is 3.81. The van der Waals surface area contributed by atoms with E-state index in [4.69, 9.17) is 4.74 Å². The van der Waals surface area contributed by atoms with Gasteiger partial charge in [0.1, 0.15) is 5.75 Å². The van der Waals surface area contributed by atoms with Gasteiger partial charge in [0.05, 0.1) is 13.2 Å². The SMILES string of the molecule is COc1ccccc1C(Nc1ccccc1)C1CCCCCCC1. The molecular weight excluding hydrogens is 294 g/mol. The highest BCUT2D eigenvalue weighted by Gasteiger charge is 2.26. The van der Waals surface area contributed by atoms with Crippen LogP contribution in [0.4, 0.5) is 5.69 Å². The minimum Gasteiger partial charge on any atom is -0.496 e. The van der Waals surface area contributed by atoms with E-state index in [-0.39, 0.29) is 0 Å². The second kappa shape index (κ2) is 8.77. The summed E-state index contributed by atoms with van der Waals surface area (Å²) < 4.78 is 5.67. The lowest BCUT2D eigenvalue weighted by Crippen LogP contribution is -2.22. The topological polar surface area (TPSA) is 21.3 Å². The molecule has 2 heteroatoms. The van der Waals surface area contributed by atoms with Crippen LogP contribution in [-0.2, 0) is 0 Å². The molecule has 1 N–H and O–H groups in total. The molecule has 0 amide bonds. The van der Waals surface area contributed by atoms with E-state index >= 15 is 0 Å². The fourth-order valence-electron chi connectivity index (χ4n) is 3.91. The van der Waals surface area contributed by atoms with Crippen molar-refractivity contribution in [3.05, 3.63) is 60.2 Å². The summed E-state index contributed by atoms with van der Waals surface area (Å²) in [5.74, 6) is 1.65. The van der Waals surface area contributed by atoms with E-state index in [0.717, 1.165) is 5.75 Å². The Bertz CT molecular complexity index is 602. The van der Waals surface area contributed by atoms with Crippen molar-refractivity contribution < 1.29 is 4.74 Å². The van der Waals surface area contributed by atoms with Crippen molar-refractivity contribution >= 4 is 5.69 Å². The lowest BCUT2D eigenvalue weighted by molar-refractivity contribution is 0.331. The van der Waals surface area contributed by atoms with Gasteiger partial charge in [0.15, 0.2) is 0 Å². The van der Waals surface area contributed by atoms with Gasteiger partial charge in [0.2, 0.25) is 0 Å². The van der Waals surface area contributed by atoms with Crippen LogP contribution >= 0.6 is 0 Å². The van der Waals surface area contributed by atoms with Gasteiger partial charge >= 0.3 is 0 Å². The lowest BCUT2D eigenvalue weighted by atomic mass is 9.82. The Morgan fingerprint density at radius 1 is 0.833 bits per heavy atom. The fraction of sp³-hybridized carbons (Fsp3) is 0.455. The number of hydrogen-bond donors (Lipinski definition) is 1.